The summed E-state index contributed by atoms with van der Waals surface area (Å²) in [6, 6.07) is -0.713. The van der Waals surface area contributed by atoms with E-state index in [-0.39, 0.29) is 12.5 Å². The second-order valence-corrected chi connectivity index (χ2v) is 20.1. The van der Waals surface area contributed by atoms with Gasteiger partial charge in [-0.2, -0.15) is 0 Å². The van der Waals surface area contributed by atoms with Gasteiger partial charge in [0.1, 0.15) is 24.4 Å². The Morgan fingerprint density at radius 1 is 0.515 bits per heavy atom. The van der Waals surface area contributed by atoms with Crippen molar-refractivity contribution < 1.29 is 39.8 Å². The van der Waals surface area contributed by atoms with Gasteiger partial charge in [0.05, 0.1) is 25.4 Å². The van der Waals surface area contributed by atoms with E-state index in [1.165, 1.54) is 173 Å². The van der Waals surface area contributed by atoms with Crippen LogP contribution in [0.25, 0.3) is 0 Å². The number of aliphatic hydroxyl groups excluding tert-OH is 5. The SMILES string of the molecule is CC/C=C\C/C=C\C/C=C\C/C=C\CCCCCCCCCCCCCCCCCCCCCCCCCCCCC(=O)NC(COC1OC(CO)C(O)C(O)C1O)C(O)CCCCCCCC. The maximum absolute atomic E-state index is 12.9. The molecule has 1 rings (SSSR count). The van der Waals surface area contributed by atoms with Gasteiger partial charge >= 0.3 is 0 Å². The molecule has 0 aromatic rings. The molecular formula is C59H109NO8. The van der Waals surface area contributed by atoms with Crippen LogP contribution in [0.4, 0.5) is 0 Å². The van der Waals surface area contributed by atoms with E-state index in [4.69, 9.17) is 9.47 Å². The lowest BCUT2D eigenvalue weighted by Gasteiger charge is -2.40. The lowest BCUT2D eigenvalue weighted by atomic mass is 9.99. The number of aliphatic hydroxyl groups is 5. The van der Waals surface area contributed by atoms with Gasteiger partial charge in [0.25, 0.3) is 0 Å². The van der Waals surface area contributed by atoms with Crippen LogP contribution >= 0.6 is 0 Å². The molecule has 0 radical (unpaired) electrons. The summed E-state index contributed by atoms with van der Waals surface area (Å²) in [6.45, 7) is 3.66. The monoisotopic (exact) mass is 960 g/mol. The number of hydrogen-bond donors (Lipinski definition) is 6. The minimum Gasteiger partial charge on any atom is -0.394 e. The first-order valence-corrected chi connectivity index (χ1v) is 28.8. The topological polar surface area (TPSA) is 149 Å². The van der Waals surface area contributed by atoms with Gasteiger partial charge in [-0.15, -0.1) is 0 Å². The fourth-order valence-corrected chi connectivity index (χ4v) is 9.15. The van der Waals surface area contributed by atoms with Crippen molar-refractivity contribution in [3.05, 3.63) is 48.6 Å². The van der Waals surface area contributed by atoms with E-state index in [0.29, 0.717) is 12.8 Å². The molecule has 1 aliphatic heterocycles. The van der Waals surface area contributed by atoms with Crippen molar-refractivity contribution in [2.75, 3.05) is 13.2 Å². The van der Waals surface area contributed by atoms with Crippen molar-refractivity contribution in [2.45, 2.75) is 307 Å². The summed E-state index contributed by atoms with van der Waals surface area (Å²) in [7, 11) is 0. The molecule has 0 spiro atoms. The molecule has 7 atom stereocenters. The highest BCUT2D eigenvalue weighted by atomic mass is 16.7. The second-order valence-electron chi connectivity index (χ2n) is 20.1. The normalized spacial score (nSPS) is 19.9. The maximum Gasteiger partial charge on any atom is 0.220 e. The standard InChI is InChI=1S/C59H109NO8/c1-3-5-7-9-11-12-13-14-15-16-17-18-19-20-21-22-23-24-25-26-27-28-29-30-31-32-33-34-35-36-37-38-39-40-41-42-43-45-47-49-55(63)60-52(53(62)48-46-44-10-8-6-4-2)51-67-59-58(66)57(65)56(64)54(50-61)68-59/h5,7,11-12,14-15,17-18,52-54,56-59,61-62,64-66H,3-4,6,8-10,13,16,19-51H2,1-2H3,(H,60,63)/b7-5-,12-11-,15-14-,18-17-. The van der Waals surface area contributed by atoms with E-state index >= 15 is 0 Å². The molecule has 6 N–H and O–H groups in total. The zero-order chi connectivity index (χ0) is 49.4. The van der Waals surface area contributed by atoms with Crippen LogP contribution < -0.4 is 5.32 Å². The third-order valence-electron chi connectivity index (χ3n) is 13.7. The van der Waals surface area contributed by atoms with Crippen LogP contribution in [0.2, 0.25) is 0 Å². The molecule has 68 heavy (non-hydrogen) atoms. The largest absolute Gasteiger partial charge is 0.394 e. The number of amides is 1. The molecule has 7 unspecified atom stereocenters. The van der Waals surface area contributed by atoms with Gasteiger partial charge in [0.2, 0.25) is 5.91 Å². The minimum atomic E-state index is -1.55. The zero-order valence-corrected chi connectivity index (χ0v) is 44.1. The number of nitrogens with one attached hydrogen (secondary N) is 1. The van der Waals surface area contributed by atoms with Crippen LogP contribution in [0.3, 0.4) is 0 Å². The molecule has 9 nitrogen and oxygen atoms in total. The number of ether oxygens (including phenoxy) is 2. The van der Waals surface area contributed by atoms with Gasteiger partial charge in [0.15, 0.2) is 6.29 Å². The van der Waals surface area contributed by atoms with Gasteiger partial charge in [-0.1, -0.05) is 255 Å². The van der Waals surface area contributed by atoms with Crippen molar-refractivity contribution >= 4 is 5.91 Å². The first-order valence-electron chi connectivity index (χ1n) is 28.8. The Bertz CT molecular complexity index is 1210. The number of rotatable bonds is 49. The molecule has 0 aromatic heterocycles. The van der Waals surface area contributed by atoms with Crippen LogP contribution in [0, 0.1) is 0 Å². The Kier molecular flexibility index (Phi) is 46.0. The lowest BCUT2D eigenvalue weighted by Crippen LogP contribution is -2.60. The highest BCUT2D eigenvalue weighted by Crippen LogP contribution is 2.23. The van der Waals surface area contributed by atoms with Crippen LogP contribution in [-0.4, -0.2) is 87.5 Å². The predicted molar refractivity (Wildman–Crippen MR) is 286 cm³/mol. The molecule has 1 aliphatic rings. The first-order chi connectivity index (χ1) is 33.3. The summed E-state index contributed by atoms with van der Waals surface area (Å²) in [5.74, 6) is -0.146. The van der Waals surface area contributed by atoms with Crippen molar-refractivity contribution in [1.82, 2.24) is 5.32 Å². The molecule has 0 aromatic carbocycles. The highest BCUT2D eigenvalue weighted by molar-refractivity contribution is 5.76. The average Bonchev–Trinajstić information content (AvgIpc) is 3.34. The summed E-state index contributed by atoms with van der Waals surface area (Å²) in [5.41, 5.74) is 0. The van der Waals surface area contributed by atoms with E-state index in [0.717, 1.165) is 64.2 Å². The van der Waals surface area contributed by atoms with Crippen LogP contribution in [0.5, 0.6) is 0 Å². The fraction of sp³-hybridized carbons (Fsp3) is 0.847. The van der Waals surface area contributed by atoms with Gasteiger partial charge in [-0.3, -0.25) is 4.79 Å². The zero-order valence-electron chi connectivity index (χ0n) is 44.1. The van der Waals surface area contributed by atoms with Gasteiger partial charge in [0, 0.05) is 6.42 Å². The van der Waals surface area contributed by atoms with E-state index < -0.39 is 49.5 Å². The Morgan fingerprint density at radius 2 is 0.912 bits per heavy atom. The quantitative estimate of drug-likeness (QED) is 0.0261. The van der Waals surface area contributed by atoms with Gasteiger partial charge < -0.3 is 40.3 Å². The lowest BCUT2D eigenvalue weighted by molar-refractivity contribution is -0.302. The summed E-state index contributed by atoms with van der Waals surface area (Å²) >= 11 is 0. The van der Waals surface area contributed by atoms with Crippen molar-refractivity contribution in [1.29, 1.82) is 0 Å². The number of carbonyl (C=O) groups is 1. The second kappa shape index (κ2) is 48.8. The van der Waals surface area contributed by atoms with E-state index in [1.54, 1.807) is 0 Å². The summed E-state index contributed by atoms with van der Waals surface area (Å²) in [5, 5.41) is 54.1. The van der Waals surface area contributed by atoms with Crippen LogP contribution in [0.15, 0.2) is 48.6 Å². The molecule has 398 valence electrons. The smallest absolute Gasteiger partial charge is 0.220 e. The van der Waals surface area contributed by atoms with Crippen molar-refractivity contribution in [3.63, 3.8) is 0 Å². The number of hydrogen-bond acceptors (Lipinski definition) is 8. The van der Waals surface area contributed by atoms with Crippen LogP contribution in [0.1, 0.15) is 264 Å². The summed E-state index contributed by atoms with van der Waals surface area (Å²) in [6.07, 6.45) is 57.9. The summed E-state index contributed by atoms with van der Waals surface area (Å²) < 4.78 is 11.2. The number of carbonyl (C=O) groups excluding carboxylic acids is 1. The minimum absolute atomic E-state index is 0.137. The third-order valence-corrected chi connectivity index (χ3v) is 13.7. The van der Waals surface area contributed by atoms with Gasteiger partial charge in [-0.25, -0.2) is 0 Å². The first kappa shape index (κ1) is 64.2. The molecule has 9 heteroatoms. The van der Waals surface area contributed by atoms with Crippen molar-refractivity contribution in [3.8, 4) is 0 Å². The molecule has 1 fully saturated rings. The van der Waals surface area contributed by atoms with E-state index in [1.807, 2.05) is 0 Å². The Morgan fingerprint density at radius 3 is 1.35 bits per heavy atom. The van der Waals surface area contributed by atoms with Crippen molar-refractivity contribution in [2.24, 2.45) is 0 Å². The molecule has 0 saturated carbocycles. The predicted octanol–water partition coefficient (Wildman–Crippen LogP) is 14.1. The Labute approximate surface area is 418 Å². The highest BCUT2D eigenvalue weighted by Gasteiger charge is 2.44. The van der Waals surface area contributed by atoms with Crippen LogP contribution in [-0.2, 0) is 14.3 Å². The molecule has 1 saturated heterocycles. The molecular weight excluding hydrogens is 851 g/mol. The number of unbranched alkanes of at least 4 members (excludes halogenated alkanes) is 31. The fourth-order valence-electron chi connectivity index (χ4n) is 9.15. The van der Waals surface area contributed by atoms with E-state index in [2.05, 4.69) is 67.8 Å². The Balaban J connectivity index is 1.94. The Hall–Kier alpha value is -1.85. The summed E-state index contributed by atoms with van der Waals surface area (Å²) in [4.78, 5) is 12.9. The molecule has 0 bridgehead atoms. The third kappa shape index (κ3) is 37.9. The molecule has 1 amide bonds. The maximum atomic E-state index is 12.9. The van der Waals surface area contributed by atoms with E-state index in [9.17, 15) is 30.3 Å². The molecule has 1 heterocycles. The average molecular weight is 961 g/mol. The molecule has 0 aliphatic carbocycles. The number of allylic oxidation sites excluding steroid dienone is 8. The van der Waals surface area contributed by atoms with Gasteiger partial charge in [-0.05, 0) is 51.4 Å².